The number of alkyl halides is 3. The van der Waals surface area contributed by atoms with E-state index in [1.54, 1.807) is 6.07 Å². The Morgan fingerprint density at radius 2 is 2.13 bits per heavy atom. The number of hydrogen-bond acceptors (Lipinski definition) is 2. The molecule has 0 aliphatic rings. The lowest BCUT2D eigenvalue weighted by molar-refractivity contribution is -0.142. The molecule has 1 aromatic heterocycles. The van der Waals surface area contributed by atoms with Gasteiger partial charge in [-0.15, -0.1) is 0 Å². The normalized spacial score (nSPS) is 11.5. The zero-order valence-corrected chi connectivity index (χ0v) is 8.52. The van der Waals surface area contributed by atoms with E-state index >= 15 is 0 Å². The summed E-state index contributed by atoms with van der Waals surface area (Å²) < 4.78 is 38.3. The second-order valence-corrected chi connectivity index (χ2v) is 3.26. The fourth-order valence-corrected chi connectivity index (χ4v) is 1.40. The zero-order chi connectivity index (χ0) is 11.6. The van der Waals surface area contributed by atoms with E-state index in [9.17, 15) is 13.2 Å². The van der Waals surface area contributed by atoms with Crippen LogP contribution in [0, 0.1) is 11.3 Å². The lowest BCUT2D eigenvalue weighted by atomic mass is 10.1. The maximum absolute atomic E-state index is 12.5. The Balaban J connectivity index is 3.16. The Labute approximate surface area is 89.1 Å². The highest BCUT2D eigenvalue weighted by Crippen LogP contribution is 2.34. The van der Waals surface area contributed by atoms with Crippen molar-refractivity contribution in [3.63, 3.8) is 0 Å². The molecule has 82 valence electrons. The molecule has 0 saturated carbocycles. The summed E-state index contributed by atoms with van der Waals surface area (Å²) in [6.45, 7) is 0. The minimum Gasteiger partial charge on any atom is -0.256 e. The molecule has 0 fully saturated rings. The second kappa shape index (κ2) is 4.11. The number of halogens is 4. The highest BCUT2D eigenvalue weighted by atomic mass is 35.5. The van der Waals surface area contributed by atoms with Gasteiger partial charge in [-0.3, -0.25) is 4.68 Å². The van der Waals surface area contributed by atoms with E-state index in [2.05, 4.69) is 5.10 Å². The van der Waals surface area contributed by atoms with Gasteiger partial charge in [0.2, 0.25) is 0 Å². The van der Waals surface area contributed by atoms with Crippen LogP contribution < -0.4 is 0 Å². The number of aryl methyl sites for hydroxylation is 1. The average molecular weight is 238 g/mol. The van der Waals surface area contributed by atoms with Gasteiger partial charge in [0.25, 0.3) is 0 Å². The third-order valence-electron chi connectivity index (χ3n) is 1.82. The Hall–Kier alpha value is -1.22. The van der Waals surface area contributed by atoms with Crippen molar-refractivity contribution in [2.45, 2.75) is 19.0 Å². The highest BCUT2D eigenvalue weighted by Gasteiger charge is 2.38. The molecule has 0 saturated heterocycles. The Kier molecular flexibility index (Phi) is 3.25. The molecule has 1 rings (SSSR count). The van der Waals surface area contributed by atoms with Gasteiger partial charge in [-0.1, -0.05) is 11.6 Å². The van der Waals surface area contributed by atoms with Crippen molar-refractivity contribution in [1.82, 2.24) is 9.78 Å². The molecule has 0 aromatic carbocycles. The van der Waals surface area contributed by atoms with Gasteiger partial charge in [0.05, 0.1) is 6.07 Å². The van der Waals surface area contributed by atoms with E-state index in [-0.39, 0.29) is 23.6 Å². The van der Waals surface area contributed by atoms with Gasteiger partial charge < -0.3 is 0 Å². The minimum atomic E-state index is -4.53. The molecule has 0 spiro atoms. The van der Waals surface area contributed by atoms with E-state index in [1.807, 2.05) is 0 Å². The van der Waals surface area contributed by atoms with Crippen molar-refractivity contribution in [3.05, 3.63) is 16.4 Å². The van der Waals surface area contributed by atoms with Crippen LogP contribution in [-0.2, 0) is 19.6 Å². The maximum atomic E-state index is 12.5. The molecule has 0 bridgehead atoms. The van der Waals surface area contributed by atoms with E-state index in [0.29, 0.717) is 0 Å². The maximum Gasteiger partial charge on any atom is 0.435 e. The highest BCUT2D eigenvalue weighted by molar-refractivity contribution is 6.30. The first-order chi connectivity index (χ1) is 6.88. The molecule has 3 nitrogen and oxygen atoms in total. The first-order valence-corrected chi connectivity index (χ1v) is 4.41. The molecule has 1 aromatic rings. The van der Waals surface area contributed by atoms with Crippen molar-refractivity contribution in [2.24, 2.45) is 7.05 Å². The predicted octanol–water partition coefficient (Wildman–Crippen LogP) is 2.55. The Bertz CT molecular complexity index is 402. The molecule has 0 N–H and O–H groups in total. The molecular formula is C8H7ClF3N3. The summed E-state index contributed by atoms with van der Waals surface area (Å²) in [5, 5.41) is 11.5. The first-order valence-electron chi connectivity index (χ1n) is 4.03. The van der Waals surface area contributed by atoms with Crippen LogP contribution in [0.15, 0.2) is 0 Å². The first kappa shape index (κ1) is 11.9. The van der Waals surface area contributed by atoms with E-state index in [0.717, 1.165) is 4.68 Å². The van der Waals surface area contributed by atoms with Crippen LogP contribution in [-0.4, -0.2) is 9.78 Å². The van der Waals surface area contributed by atoms with Crippen LogP contribution >= 0.6 is 11.6 Å². The van der Waals surface area contributed by atoms with Crippen molar-refractivity contribution < 1.29 is 13.2 Å². The number of rotatable bonds is 2. The van der Waals surface area contributed by atoms with Crippen molar-refractivity contribution in [1.29, 1.82) is 5.26 Å². The van der Waals surface area contributed by atoms with Crippen LogP contribution in [0.3, 0.4) is 0 Å². The van der Waals surface area contributed by atoms with Crippen LogP contribution in [0.4, 0.5) is 13.2 Å². The summed E-state index contributed by atoms with van der Waals surface area (Å²) in [5.74, 6) is 0. The van der Waals surface area contributed by atoms with Gasteiger partial charge in [-0.05, 0) is 6.42 Å². The van der Waals surface area contributed by atoms with Crippen molar-refractivity contribution in [3.8, 4) is 6.07 Å². The van der Waals surface area contributed by atoms with E-state index in [1.165, 1.54) is 7.05 Å². The molecule has 1 heterocycles. The third-order valence-corrected chi connectivity index (χ3v) is 2.30. The van der Waals surface area contributed by atoms with Gasteiger partial charge in [-0.25, -0.2) is 0 Å². The summed E-state index contributed by atoms with van der Waals surface area (Å²) in [5.41, 5.74) is -1.13. The Morgan fingerprint density at radius 3 is 2.60 bits per heavy atom. The van der Waals surface area contributed by atoms with Gasteiger partial charge in [-0.2, -0.15) is 23.5 Å². The lowest BCUT2D eigenvalue weighted by Gasteiger charge is -2.04. The summed E-state index contributed by atoms with van der Waals surface area (Å²) in [7, 11) is 1.33. The molecule has 0 aliphatic carbocycles. The average Bonchev–Trinajstić information content (AvgIpc) is 2.40. The molecule has 0 unspecified atom stereocenters. The topological polar surface area (TPSA) is 41.6 Å². The monoisotopic (exact) mass is 237 g/mol. The van der Waals surface area contributed by atoms with Crippen LogP contribution in [0.1, 0.15) is 17.7 Å². The predicted molar refractivity (Wildman–Crippen MR) is 47.2 cm³/mol. The number of nitriles is 1. The largest absolute Gasteiger partial charge is 0.435 e. The van der Waals surface area contributed by atoms with E-state index < -0.39 is 11.9 Å². The smallest absolute Gasteiger partial charge is 0.256 e. The zero-order valence-electron chi connectivity index (χ0n) is 7.77. The summed E-state index contributed by atoms with van der Waals surface area (Å²) in [4.78, 5) is 0. The Morgan fingerprint density at radius 1 is 1.53 bits per heavy atom. The second-order valence-electron chi connectivity index (χ2n) is 2.90. The van der Waals surface area contributed by atoms with Gasteiger partial charge in [0.1, 0.15) is 5.15 Å². The fraction of sp³-hybridized carbons (Fsp3) is 0.500. The molecule has 0 aliphatic heterocycles. The van der Waals surface area contributed by atoms with Crippen molar-refractivity contribution >= 4 is 11.6 Å². The lowest BCUT2D eigenvalue weighted by Crippen LogP contribution is -2.09. The van der Waals surface area contributed by atoms with Crippen molar-refractivity contribution in [2.75, 3.05) is 0 Å². The quantitative estimate of drug-likeness (QED) is 0.793. The summed E-state index contributed by atoms with van der Waals surface area (Å²) >= 11 is 5.65. The number of nitrogens with zero attached hydrogens (tertiary/aromatic N) is 3. The standard InChI is InChI=1S/C8H7ClF3N3/c1-15-7(9)5(3-2-4-13)6(14-15)8(10,11)12/h2-3H2,1H3. The van der Waals surface area contributed by atoms with E-state index in [4.69, 9.17) is 16.9 Å². The molecular weight excluding hydrogens is 231 g/mol. The van der Waals surface area contributed by atoms with Crippen LogP contribution in [0.25, 0.3) is 0 Å². The molecule has 0 radical (unpaired) electrons. The van der Waals surface area contributed by atoms with Crippen LogP contribution in [0.2, 0.25) is 5.15 Å². The molecule has 0 atom stereocenters. The number of hydrogen-bond donors (Lipinski definition) is 0. The molecule has 15 heavy (non-hydrogen) atoms. The fourth-order valence-electron chi connectivity index (χ4n) is 1.18. The van der Waals surface area contributed by atoms with Crippen LogP contribution in [0.5, 0.6) is 0 Å². The third kappa shape index (κ3) is 2.42. The SMILES string of the molecule is Cn1nc(C(F)(F)F)c(CCC#N)c1Cl. The van der Waals surface area contributed by atoms with Gasteiger partial charge in [0, 0.05) is 19.0 Å². The van der Waals surface area contributed by atoms with Gasteiger partial charge >= 0.3 is 6.18 Å². The minimum absolute atomic E-state index is 0.0194. The summed E-state index contributed by atoms with van der Waals surface area (Å²) in [6, 6.07) is 1.77. The van der Waals surface area contributed by atoms with Gasteiger partial charge in [0.15, 0.2) is 5.69 Å². The molecule has 0 amide bonds. The molecule has 7 heteroatoms. The summed E-state index contributed by atoms with van der Waals surface area (Å²) in [6.07, 6.45) is -4.60. The number of aromatic nitrogens is 2.